The molecule has 1 fully saturated rings. The summed E-state index contributed by atoms with van der Waals surface area (Å²) in [5.41, 5.74) is 2.31. The van der Waals surface area contributed by atoms with E-state index in [1.165, 1.54) is 11.8 Å². The number of rotatable bonds is 7. The predicted octanol–water partition coefficient (Wildman–Crippen LogP) is 7.52. The third-order valence-electron chi connectivity index (χ3n) is 4.66. The van der Waals surface area contributed by atoms with Gasteiger partial charge in [-0.1, -0.05) is 53.0 Å². The summed E-state index contributed by atoms with van der Waals surface area (Å²) in [4.78, 5) is 17.4. The number of hydrogen-bond acceptors (Lipinski definition) is 5. The average Bonchev–Trinajstić information content (AvgIpc) is 3.15. The van der Waals surface area contributed by atoms with Crippen molar-refractivity contribution >= 4 is 69.4 Å². The third-order valence-corrected chi connectivity index (χ3v) is 6.36. The predicted molar refractivity (Wildman–Crippen MR) is 141 cm³/mol. The van der Waals surface area contributed by atoms with Crippen LogP contribution >= 0.6 is 46.6 Å². The smallest absolute Gasteiger partial charge is 0.264 e. The van der Waals surface area contributed by atoms with E-state index in [4.69, 9.17) is 44.3 Å². The number of benzene rings is 3. The molecule has 0 saturated carbocycles. The van der Waals surface area contributed by atoms with Crippen LogP contribution in [0.25, 0.3) is 6.08 Å². The molecule has 0 aliphatic carbocycles. The van der Waals surface area contributed by atoms with Gasteiger partial charge in [-0.05, 0) is 78.4 Å². The van der Waals surface area contributed by atoms with Gasteiger partial charge in [-0.25, -0.2) is 4.99 Å². The van der Waals surface area contributed by atoms with Crippen molar-refractivity contribution in [2.24, 2.45) is 4.99 Å². The van der Waals surface area contributed by atoms with Crippen molar-refractivity contribution in [2.75, 3.05) is 6.61 Å². The molecular weight excluding hydrogens is 515 g/mol. The van der Waals surface area contributed by atoms with Gasteiger partial charge in [0, 0.05) is 10.0 Å². The van der Waals surface area contributed by atoms with Crippen molar-refractivity contribution in [2.45, 2.75) is 13.5 Å². The van der Waals surface area contributed by atoms with Gasteiger partial charge >= 0.3 is 0 Å². The molecule has 0 radical (unpaired) electrons. The third kappa shape index (κ3) is 6.27. The highest BCUT2D eigenvalue weighted by atomic mass is 35.5. The fourth-order valence-electron chi connectivity index (χ4n) is 3.06. The van der Waals surface area contributed by atoms with Crippen LogP contribution in [0.15, 0.2) is 70.6 Å². The number of carbonyl (C=O) groups is 1. The zero-order valence-electron chi connectivity index (χ0n) is 18.0. The van der Waals surface area contributed by atoms with E-state index in [1.807, 2.05) is 49.4 Å². The Hall–Kier alpha value is -2.64. The Bertz CT molecular complexity index is 1280. The molecule has 0 unspecified atom stereocenters. The number of aliphatic imine (C=N–C) groups is 1. The van der Waals surface area contributed by atoms with Gasteiger partial charge in [-0.3, -0.25) is 4.79 Å². The van der Waals surface area contributed by atoms with Crippen LogP contribution in [0.3, 0.4) is 0 Å². The molecular formula is C25H19Cl3N2O3S. The van der Waals surface area contributed by atoms with Crippen LogP contribution in [-0.4, -0.2) is 17.7 Å². The maximum atomic E-state index is 12.5. The van der Waals surface area contributed by atoms with Crippen molar-refractivity contribution in [1.29, 1.82) is 0 Å². The highest BCUT2D eigenvalue weighted by molar-refractivity contribution is 8.18. The molecule has 1 amide bonds. The number of nitrogens with zero attached hydrogens (tertiary/aromatic N) is 1. The number of thioether (sulfide) groups is 1. The van der Waals surface area contributed by atoms with E-state index >= 15 is 0 Å². The van der Waals surface area contributed by atoms with Gasteiger partial charge in [0.1, 0.15) is 6.61 Å². The Morgan fingerprint density at radius 2 is 1.71 bits per heavy atom. The van der Waals surface area contributed by atoms with Gasteiger partial charge in [0.05, 0.1) is 22.2 Å². The first kappa shape index (κ1) is 24.5. The van der Waals surface area contributed by atoms with Crippen molar-refractivity contribution in [3.05, 3.63) is 91.8 Å². The first-order valence-electron chi connectivity index (χ1n) is 10.3. The van der Waals surface area contributed by atoms with E-state index in [0.29, 0.717) is 55.5 Å². The molecule has 0 spiro atoms. The maximum absolute atomic E-state index is 12.5. The van der Waals surface area contributed by atoms with E-state index in [1.54, 1.807) is 24.3 Å². The molecule has 1 heterocycles. The number of hydrogen-bond donors (Lipinski definition) is 1. The van der Waals surface area contributed by atoms with Crippen LogP contribution in [0.4, 0.5) is 5.69 Å². The van der Waals surface area contributed by atoms with Crippen molar-refractivity contribution in [3.8, 4) is 11.5 Å². The number of halogens is 3. The van der Waals surface area contributed by atoms with Crippen LogP contribution < -0.4 is 14.8 Å². The molecule has 5 nitrogen and oxygen atoms in total. The number of ether oxygens (including phenoxy) is 2. The molecule has 3 aromatic rings. The normalized spacial score (nSPS) is 15.6. The molecule has 34 heavy (non-hydrogen) atoms. The SMILES string of the molecule is CCOc1cc(/C=C2\SC(=Nc3ccc(Cl)cc3Cl)NC2=O)ccc1OCc1ccc(Cl)cc1. The Kier molecular flexibility index (Phi) is 8.06. The van der Waals surface area contributed by atoms with Gasteiger partial charge in [0.2, 0.25) is 0 Å². The van der Waals surface area contributed by atoms with Crippen molar-refractivity contribution in [1.82, 2.24) is 5.32 Å². The second kappa shape index (κ2) is 11.2. The number of amides is 1. The summed E-state index contributed by atoms with van der Waals surface area (Å²) < 4.78 is 11.7. The summed E-state index contributed by atoms with van der Waals surface area (Å²) in [6.45, 7) is 2.76. The Morgan fingerprint density at radius 3 is 2.44 bits per heavy atom. The standard InChI is InChI=1S/C25H19Cl3N2O3S/c1-2-32-22-11-16(5-10-21(22)33-14-15-3-6-17(26)7-4-15)12-23-24(31)30-25(34-23)29-20-9-8-18(27)13-19(20)28/h3-13H,2,14H2,1H3,(H,29,30,31)/b23-12-. The van der Waals surface area contributed by atoms with Crippen molar-refractivity contribution in [3.63, 3.8) is 0 Å². The average molecular weight is 534 g/mol. The minimum absolute atomic E-state index is 0.241. The Balaban J connectivity index is 1.51. The maximum Gasteiger partial charge on any atom is 0.264 e. The lowest BCUT2D eigenvalue weighted by Crippen LogP contribution is -2.19. The first-order chi connectivity index (χ1) is 16.4. The molecule has 1 saturated heterocycles. The second-order valence-corrected chi connectivity index (χ2v) is 9.44. The van der Waals surface area contributed by atoms with E-state index in [0.717, 1.165) is 11.1 Å². The number of carbonyl (C=O) groups excluding carboxylic acids is 1. The van der Waals surface area contributed by atoms with Crippen LogP contribution in [0.1, 0.15) is 18.1 Å². The highest BCUT2D eigenvalue weighted by Crippen LogP contribution is 2.34. The molecule has 0 atom stereocenters. The zero-order chi connectivity index (χ0) is 24.1. The van der Waals surface area contributed by atoms with Gasteiger partial charge in [-0.15, -0.1) is 0 Å². The number of nitrogens with one attached hydrogen (secondary N) is 1. The van der Waals surface area contributed by atoms with Crippen molar-refractivity contribution < 1.29 is 14.3 Å². The minimum atomic E-state index is -0.241. The minimum Gasteiger partial charge on any atom is -0.490 e. The first-order valence-corrected chi connectivity index (χ1v) is 12.2. The molecule has 0 bridgehead atoms. The van der Waals surface area contributed by atoms with Crippen LogP contribution in [0, 0.1) is 0 Å². The lowest BCUT2D eigenvalue weighted by molar-refractivity contribution is -0.115. The fraction of sp³-hybridized carbons (Fsp3) is 0.120. The monoisotopic (exact) mass is 532 g/mol. The van der Waals surface area contributed by atoms with Crippen LogP contribution in [0.5, 0.6) is 11.5 Å². The summed E-state index contributed by atoms with van der Waals surface area (Å²) in [5, 5.41) is 4.79. The molecule has 3 aromatic carbocycles. The summed E-state index contributed by atoms with van der Waals surface area (Å²) in [5.74, 6) is 0.966. The Morgan fingerprint density at radius 1 is 0.941 bits per heavy atom. The van der Waals surface area contributed by atoms with Gasteiger partial charge in [-0.2, -0.15) is 0 Å². The lowest BCUT2D eigenvalue weighted by atomic mass is 10.2. The quantitative estimate of drug-likeness (QED) is 0.319. The largest absolute Gasteiger partial charge is 0.490 e. The number of amidine groups is 1. The molecule has 1 aliphatic rings. The molecule has 174 valence electrons. The zero-order valence-corrected chi connectivity index (χ0v) is 21.1. The van der Waals surface area contributed by atoms with Crippen LogP contribution in [0.2, 0.25) is 15.1 Å². The van der Waals surface area contributed by atoms with Gasteiger partial charge < -0.3 is 14.8 Å². The second-order valence-electron chi connectivity index (χ2n) is 7.13. The van der Waals surface area contributed by atoms with E-state index in [2.05, 4.69) is 10.3 Å². The van der Waals surface area contributed by atoms with E-state index < -0.39 is 0 Å². The molecule has 1 N–H and O–H groups in total. The summed E-state index contributed by atoms with van der Waals surface area (Å²) in [6.07, 6.45) is 1.78. The summed E-state index contributed by atoms with van der Waals surface area (Å²) >= 11 is 19.3. The lowest BCUT2D eigenvalue weighted by Gasteiger charge is -2.13. The summed E-state index contributed by atoms with van der Waals surface area (Å²) in [6, 6.07) is 18.0. The molecule has 4 rings (SSSR count). The van der Waals surface area contributed by atoms with E-state index in [9.17, 15) is 4.79 Å². The molecule has 0 aromatic heterocycles. The van der Waals surface area contributed by atoms with Crippen LogP contribution in [-0.2, 0) is 11.4 Å². The molecule has 1 aliphatic heterocycles. The molecule has 9 heteroatoms. The summed E-state index contributed by atoms with van der Waals surface area (Å²) in [7, 11) is 0. The highest BCUT2D eigenvalue weighted by Gasteiger charge is 2.24. The topological polar surface area (TPSA) is 59.9 Å². The van der Waals surface area contributed by atoms with E-state index in [-0.39, 0.29) is 5.91 Å². The Labute approximate surface area is 216 Å². The fourth-order valence-corrected chi connectivity index (χ4v) is 4.47. The van der Waals surface area contributed by atoms with Gasteiger partial charge in [0.15, 0.2) is 16.7 Å². The van der Waals surface area contributed by atoms with Gasteiger partial charge in [0.25, 0.3) is 5.91 Å².